The van der Waals surface area contributed by atoms with Crippen molar-refractivity contribution in [2.75, 3.05) is 43.1 Å². The summed E-state index contributed by atoms with van der Waals surface area (Å²) in [6, 6.07) is 53.0. The smallest absolute Gasteiger partial charge is 1.00 e. The number of sulfonamides is 4. The third-order valence-corrected chi connectivity index (χ3v) is 24.0. The summed E-state index contributed by atoms with van der Waals surface area (Å²) in [5, 5.41) is 7.00. The van der Waals surface area contributed by atoms with E-state index in [9.17, 15) is 95.9 Å². The normalized spacial score (nSPS) is 18.3. The van der Waals surface area contributed by atoms with Gasteiger partial charge in [0.05, 0.1) is 11.1 Å². The molecule has 638 valence electrons. The van der Waals surface area contributed by atoms with Crippen LogP contribution in [0.2, 0.25) is 0 Å². The molecule has 4 unspecified atom stereocenters. The molecule has 4 aliphatic rings. The van der Waals surface area contributed by atoms with Crippen molar-refractivity contribution in [2.24, 2.45) is 0 Å². The summed E-state index contributed by atoms with van der Waals surface area (Å²) in [7, 11) is -25.9. The van der Waals surface area contributed by atoms with Crippen LogP contribution in [-0.4, -0.2) is 142 Å². The molecule has 2 fully saturated rings. The molecule has 0 bridgehead atoms. The van der Waals surface area contributed by atoms with Crippen LogP contribution in [-0.2, 0) is 59.2 Å². The molecular formula is C81H90ClF12LiN6O13S4. The molecule has 2 saturated carbocycles. The number of nitrogens with one attached hydrogen (secondary N) is 2. The van der Waals surface area contributed by atoms with Crippen LogP contribution in [0, 0.1) is 13.8 Å². The van der Waals surface area contributed by atoms with Crippen LogP contribution in [0.1, 0.15) is 149 Å². The minimum Gasteiger partial charge on any atom is -1.00 e. The van der Waals surface area contributed by atoms with Gasteiger partial charge in [-0.15, -0.1) is 0 Å². The molecule has 0 spiro atoms. The monoisotopic (exact) mass is 1750 g/mol. The predicted molar refractivity (Wildman–Crippen MR) is 424 cm³/mol. The fourth-order valence-corrected chi connectivity index (χ4v) is 16.1. The summed E-state index contributed by atoms with van der Waals surface area (Å²) in [4.78, 5) is 37.0. The Hall–Kier alpha value is -8.63. The molecule has 0 saturated heterocycles. The number of carbonyl (C=O) groups is 2. The van der Waals surface area contributed by atoms with E-state index in [1.54, 1.807) is 13.8 Å². The molecule has 10 rings (SSSR count). The molecule has 0 amide bonds. The molecule has 4 atom stereocenters. The van der Waals surface area contributed by atoms with E-state index in [2.05, 4.69) is 244 Å². The number of fused-ring (bicyclic) bond motifs is 2. The zero-order valence-electron chi connectivity index (χ0n) is 66.1. The summed E-state index contributed by atoms with van der Waals surface area (Å²) in [6.45, 7) is 27.9. The van der Waals surface area contributed by atoms with E-state index in [4.69, 9.17) is 14.6 Å². The van der Waals surface area contributed by atoms with Crippen LogP contribution in [0.3, 0.4) is 0 Å². The molecule has 0 heterocycles. The topological polar surface area (TPSA) is 272 Å². The number of aliphatic hydroxyl groups is 1. The summed E-state index contributed by atoms with van der Waals surface area (Å²) < 4.78 is 230. The number of esters is 2. The number of anilines is 2. The molecule has 37 heteroatoms. The van der Waals surface area contributed by atoms with Gasteiger partial charge >= 0.3 is 52.8 Å². The zero-order chi connectivity index (χ0) is 86.7. The summed E-state index contributed by atoms with van der Waals surface area (Å²) in [6.07, 6.45) is 16.6. The van der Waals surface area contributed by atoms with Crippen LogP contribution in [0.5, 0.6) is 0 Å². The Morgan fingerprint density at radius 3 is 0.915 bits per heavy atom. The Bertz CT molecular complexity index is 4750. The number of nitrogens with zero attached hydrogens (tertiary/aromatic N) is 4. The molecular weight excluding hydrogens is 1660 g/mol. The Morgan fingerprint density at radius 2 is 0.669 bits per heavy atom. The third-order valence-electron chi connectivity index (χ3n) is 18.5. The number of hydrogen-bond donors (Lipinski definition) is 3. The SMILES string of the molecule is C=C(C)C(=O)OC1CCCCC1[NH+]=C1C=CC(=C(c2ccc(C)cc2)c2ccc(N(CC)CC)cc2)c2ccccc21.C=C(C)C(=O)OC1CCCCC1[NH+]=C1C=CC(=C(c2ccc(C)cc2)c2ccc(N(CC)CC)cc2)c2ccccc21.CO.O=S(=O)([N-]S(=O)(=O)C(F)(F)F)C(F)(F)F.O=S(=O)([N-]S(=O)(=O)C(F)(F)F)C(F)(F)F.[Cl-].[Li+]. The van der Waals surface area contributed by atoms with E-state index < -0.39 is 62.1 Å². The van der Waals surface area contributed by atoms with Gasteiger partial charge in [0.1, 0.15) is 0 Å². The van der Waals surface area contributed by atoms with Crippen LogP contribution in [0.15, 0.2) is 194 Å². The summed E-state index contributed by atoms with van der Waals surface area (Å²) in [5.74, 6) is -0.614. The van der Waals surface area contributed by atoms with Crippen molar-refractivity contribution < 1.29 is 152 Å². The zero-order valence-corrected chi connectivity index (χ0v) is 70.1. The Kier molecular flexibility index (Phi) is 37.5. The average Bonchev–Trinajstić information content (AvgIpc) is 0.763. The Morgan fingerprint density at radius 1 is 0.424 bits per heavy atom. The van der Waals surface area contributed by atoms with Crippen molar-refractivity contribution in [1.82, 2.24) is 0 Å². The quantitative estimate of drug-likeness (QED) is 0.0278. The van der Waals surface area contributed by atoms with Gasteiger partial charge in [-0.2, -0.15) is 52.7 Å². The number of rotatable bonds is 20. The van der Waals surface area contributed by atoms with Crippen LogP contribution < -0.4 is 51.1 Å². The van der Waals surface area contributed by atoms with Gasteiger partial charge < -0.3 is 45.0 Å². The number of aryl methyl sites for hydroxylation is 2. The number of alkyl halides is 12. The van der Waals surface area contributed by atoms with E-state index in [0.717, 1.165) is 115 Å². The van der Waals surface area contributed by atoms with Gasteiger partial charge in [0, 0.05) is 80.8 Å². The minimum atomic E-state index is -6.72. The number of allylic oxidation sites excluding steroid dienone is 6. The molecule has 118 heavy (non-hydrogen) atoms. The first-order valence-electron chi connectivity index (χ1n) is 36.3. The number of carbonyl (C=O) groups excluding carboxylic acids is 2. The maximum Gasteiger partial charge on any atom is 1.00 e. The molecule has 3 N–H and O–H groups in total. The number of aliphatic hydroxyl groups excluding tert-OH is 1. The number of benzene rings is 6. The van der Waals surface area contributed by atoms with Gasteiger partial charge in [-0.05, 0) is 198 Å². The van der Waals surface area contributed by atoms with E-state index in [1.807, 2.05) is 0 Å². The van der Waals surface area contributed by atoms with Crippen molar-refractivity contribution in [3.05, 3.63) is 258 Å². The molecule has 0 radical (unpaired) electrons. The number of ether oxygens (including phenoxy) is 2. The molecule has 6 aromatic rings. The van der Waals surface area contributed by atoms with Gasteiger partial charge in [-0.25, -0.2) is 53.2 Å². The van der Waals surface area contributed by atoms with Gasteiger partial charge in [-0.1, -0.05) is 133 Å². The van der Waals surface area contributed by atoms with E-state index in [0.29, 0.717) is 11.1 Å². The standard InChI is InChI=1S/2C38H42N2O2.2C2F6NO4S2.CH4O.ClH.Li/c2*1-6-40(7-2)30-22-20-29(21-23-30)37(28-18-16-27(5)17-19-28)33-24-25-34(32-13-9-8-12-31(32)33)39-35-14-10-11-15-36(35)42-38(41)26(3)4;2*3-1(4,5)14(10,11)9-15(12,13)2(6,7)8;1-2;;/h2*8-9,12-13,16-25,35-36H,3,6-7,10-11,14-15H2,1-2,4-5H3;;;2H,1H3;1H;/q;;2*-1;;;+1/p+1. The molecule has 19 nitrogen and oxygen atoms in total. The first-order chi connectivity index (χ1) is 54.2. The Labute approximate surface area is 698 Å². The fraction of sp³-hybridized carbons (Fsp3) is 0.358. The van der Waals surface area contributed by atoms with Gasteiger partial charge in [0.25, 0.3) is 0 Å². The first kappa shape index (κ1) is 102. The van der Waals surface area contributed by atoms with E-state index >= 15 is 0 Å². The van der Waals surface area contributed by atoms with Crippen molar-refractivity contribution in [1.29, 1.82) is 0 Å². The minimum absolute atomic E-state index is 0. The van der Waals surface area contributed by atoms with Crippen molar-refractivity contribution in [2.45, 2.75) is 153 Å². The van der Waals surface area contributed by atoms with Gasteiger partial charge in [0.2, 0.25) is 11.4 Å². The second kappa shape index (κ2) is 43.5. The second-order valence-corrected chi connectivity index (χ2v) is 33.5. The van der Waals surface area contributed by atoms with Crippen LogP contribution in [0.4, 0.5) is 64.1 Å². The molecule has 6 aromatic carbocycles. The van der Waals surface area contributed by atoms with E-state index in [-0.39, 0.29) is 67.5 Å². The average molecular weight is 1750 g/mol. The van der Waals surface area contributed by atoms with E-state index in [1.165, 1.54) is 78.2 Å². The third kappa shape index (κ3) is 26.7. The van der Waals surface area contributed by atoms with Crippen molar-refractivity contribution in [3.63, 3.8) is 0 Å². The Balaban J connectivity index is 0.000000361. The van der Waals surface area contributed by atoms with Gasteiger partial charge in [-0.3, -0.25) is 0 Å². The fourth-order valence-electron chi connectivity index (χ4n) is 12.6. The van der Waals surface area contributed by atoms with Gasteiger partial charge in [0.15, 0.2) is 64.4 Å². The molecule has 4 aliphatic carbocycles. The summed E-state index contributed by atoms with van der Waals surface area (Å²) in [5.41, 5.74) is -2.50. The first-order valence-corrected chi connectivity index (χ1v) is 42.0. The maximum atomic E-state index is 12.4. The predicted octanol–water partition coefficient (Wildman–Crippen LogP) is 9.08. The largest absolute Gasteiger partial charge is 1.00 e. The second-order valence-electron chi connectivity index (χ2n) is 26.7. The number of halogens is 13. The summed E-state index contributed by atoms with van der Waals surface area (Å²) >= 11 is 0. The van der Waals surface area contributed by atoms with Crippen molar-refractivity contribution >= 4 is 97.1 Å². The molecule has 0 aliphatic heterocycles. The van der Waals surface area contributed by atoms with Crippen LogP contribution in [0.25, 0.3) is 30.5 Å². The van der Waals surface area contributed by atoms with Crippen LogP contribution >= 0.6 is 0 Å². The van der Waals surface area contributed by atoms with Crippen molar-refractivity contribution in [3.8, 4) is 0 Å². The maximum absolute atomic E-state index is 12.4. The number of hydrogen-bond acceptors (Lipinski definition) is 15. The molecule has 0 aromatic heterocycles.